The number of carboxylic acid groups (broad SMARTS) is 1. The van der Waals surface area contributed by atoms with E-state index in [1.54, 1.807) is 6.92 Å². The van der Waals surface area contributed by atoms with Gasteiger partial charge in [-0.3, -0.25) is 4.79 Å². The number of halogens is 1. The zero-order valence-corrected chi connectivity index (χ0v) is 14.3. The lowest BCUT2D eigenvalue weighted by molar-refractivity contribution is 0.0694. The number of aryl methyl sites for hydroxylation is 1. The van der Waals surface area contributed by atoms with Crippen LogP contribution in [0, 0.1) is 12.8 Å². The average Bonchev–Trinajstić information content (AvgIpc) is 3.32. The Morgan fingerprint density at radius 1 is 1.44 bits per heavy atom. The molecule has 0 aliphatic heterocycles. The molecule has 2 N–H and O–H groups in total. The van der Waals surface area contributed by atoms with Gasteiger partial charge in [-0.05, 0) is 37.8 Å². The van der Waals surface area contributed by atoms with Crippen LogP contribution < -0.4 is 10.1 Å². The largest absolute Gasteiger partial charge is 0.478 e. The molecular formula is C17H17ClN2O5. The van der Waals surface area contributed by atoms with Crippen LogP contribution >= 0.6 is 11.6 Å². The molecule has 1 aliphatic rings. The number of nitrogens with one attached hydrogen (secondary N) is 1. The minimum absolute atomic E-state index is 0.0600. The van der Waals surface area contributed by atoms with Gasteiger partial charge in [0.25, 0.3) is 5.91 Å². The quantitative estimate of drug-likeness (QED) is 0.782. The number of pyridine rings is 1. The van der Waals surface area contributed by atoms with E-state index >= 15 is 0 Å². The van der Waals surface area contributed by atoms with Gasteiger partial charge in [-0.1, -0.05) is 11.6 Å². The maximum atomic E-state index is 12.2. The second-order valence-electron chi connectivity index (χ2n) is 5.94. The van der Waals surface area contributed by atoms with Crippen LogP contribution in [0.1, 0.15) is 45.1 Å². The topological polar surface area (TPSA) is 102 Å². The molecule has 0 radical (unpaired) electrons. The molecule has 8 heteroatoms. The molecule has 0 aromatic carbocycles. The Morgan fingerprint density at radius 3 is 2.80 bits per heavy atom. The van der Waals surface area contributed by atoms with Crippen LogP contribution in [0.25, 0.3) is 0 Å². The highest BCUT2D eigenvalue weighted by molar-refractivity contribution is 6.32. The standard InChI is InChI=1S/C17H17ClN2O5/c1-9-13(17(22)23)5-12(25-9)7-19-15(21)11-4-14(18)16(20-6-11)24-8-10-2-3-10/h4-6,10H,2-3,7-8H2,1H3,(H,19,21)(H,22,23). The van der Waals surface area contributed by atoms with E-state index in [1.165, 1.54) is 18.3 Å². The van der Waals surface area contributed by atoms with Crippen molar-refractivity contribution in [2.24, 2.45) is 5.92 Å². The van der Waals surface area contributed by atoms with Gasteiger partial charge < -0.3 is 19.6 Å². The van der Waals surface area contributed by atoms with Gasteiger partial charge in [0.05, 0.1) is 18.7 Å². The van der Waals surface area contributed by atoms with E-state index in [1.807, 2.05) is 0 Å². The minimum Gasteiger partial charge on any atom is -0.478 e. The Morgan fingerprint density at radius 2 is 2.20 bits per heavy atom. The van der Waals surface area contributed by atoms with Gasteiger partial charge in [-0.15, -0.1) is 0 Å². The van der Waals surface area contributed by atoms with Crippen LogP contribution in [0.15, 0.2) is 22.7 Å². The third kappa shape index (κ3) is 4.30. The minimum atomic E-state index is -1.07. The first-order valence-corrected chi connectivity index (χ1v) is 8.21. The Bertz CT molecular complexity index is 813. The monoisotopic (exact) mass is 364 g/mol. The van der Waals surface area contributed by atoms with Crippen LogP contribution in [0.5, 0.6) is 5.88 Å². The van der Waals surface area contributed by atoms with Crippen LogP contribution in [0.3, 0.4) is 0 Å². The average molecular weight is 365 g/mol. The SMILES string of the molecule is Cc1oc(CNC(=O)c2cnc(OCC3CC3)c(Cl)c2)cc1C(=O)O. The number of furan rings is 1. The molecule has 2 aromatic heterocycles. The Kier molecular flexibility index (Phi) is 4.94. The highest BCUT2D eigenvalue weighted by Gasteiger charge is 2.23. The molecule has 25 heavy (non-hydrogen) atoms. The summed E-state index contributed by atoms with van der Waals surface area (Å²) in [6, 6.07) is 2.88. The maximum absolute atomic E-state index is 12.2. The zero-order valence-electron chi connectivity index (χ0n) is 13.5. The van der Waals surface area contributed by atoms with Crippen molar-refractivity contribution in [3.05, 3.63) is 46.0 Å². The van der Waals surface area contributed by atoms with Gasteiger partial charge >= 0.3 is 5.97 Å². The molecule has 1 amide bonds. The predicted octanol–water partition coefficient (Wildman–Crippen LogP) is 3.05. The first-order chi connectivity index (χ1) is 11.9. The van der Waals surface area contributed by atoms with Gasteiger partial charge in [0.2, 0.25) is 5.88 Å². The third-order valence-corrected chi connectivity index (χ3v) is 4.12. The van der Waals surface area contributed by atoms with E-state index in [4.69, 9.17) is 25.9 Å². The number of amides is 1. The van der Waals surface area contributed by atoms with Crippen LogP contribution in [0.2, 0.25) is 5.02 Å². The summed E-state index contributed by atoms with van der Waals surface area (Å²) < 4.78 is 10.8. The molecule has 132 valence electrons. The van der Waals surface area contributed by atoms with E-state index < -0.39 is 11.9 Å². The number of nitrogens with zero attached hydrogens (tertiary/aromatic N) is 1. The second-order valence-corrected chi connectivity index (χ2v) is 6.34. The molecule has 1 saturated carbocycles. The van der Waals surface area contributed by atoms with Crippen LogP contribution in [0.4, 0.5) is 0 Å². The van der Waals surface area contributed by atoms with Crippen LogP contribution in [-0.2, 0) is 6.54 Å². The molecule has 0 unspecified atom stereocenters. The Hall–Kier alpha value is -2.54. The molecule has 0 spiro atoms. The maximum Gasteiger partial charge on any atom is 0.339 e. The van der Waals surface area contributed by atoms with Gasteiger partial charge in [-0.25, -0.2) is 9.78 Å². The van der Waals surface area contributed by atoms with E-state index in [-0.39, 0.29) is 22.7 Å². The number of hydrogen-bond acceptors (Lipinski definition) is 5. The van der Waals surface area contributed by atoms with Crippen molar-refractivity contribution in [2.45, 2.75) is 26.3 Å². The number of aromatic nitrogens is 1. The number of carbonyl (C=O) groups is 2. The molecule has 7 nitrogen and oxygen atoms in total. The summed E-state index contributed by atoms with van der Waals surface area (Å²) in [5.41, 5.74) is 0.358. The summed E-state index contributed by atoms with van der Waals surface area (Å²) in [5, 5.41) is 11.9. The van der Waals surface area contributed by atoms with Crippen molar-refractivity contribution in [1.82, 2.24) is 10.3 Å². The zero-order chi connectivity index (χ0) is 18.0. The van der Waals surface area contributed by atoms with Gasteiger partial charge in [0, 0.05) is 6.20 Å². The normalized spacial score (nSPS) is 13.5. The van der Waals surface area contributed by atoms with Crippen molar-refractivity contribution >= 4 is 23.5 Å². The third-order valence-electron chi connectivity index (χ3n) is 3.84. The second kappa shape index (κ2) is 7.14. The number of rotatable bonds is 7. The van der Waals surface area contributed by atoms with Crippen molar-refractivity contribution in [2.75, 3.05) is 6.61 Å². The number of aromatic carboxylic acids is 1. The Balaban J connectivity index is 1.59. The van der Waals surface area contributed by atoms with Gasteiger partial charge in [-0.2, -0.15) is 0 Å². The van der Waals surface area contributed by atoms with Crippen molar-refractivity contribution in [1.29, 1.82) is 0 Å². The molecular weight excluding hydrogens is 348 g/mol. The van der Waals surface area contributed by atoms with Gasteiger partial charge in [0.1, 0.15) is 22.1 Å². The van der Waals surface area contributed by atoms with Gasteiger partial charge in [0.15, 0.2) is 0 Å². The fraction of sp³-hybridized carbons (Fsp3) is 0.353. The summed E-state index contributed by atoms with van der Waals surface area (Å²) >= 11 is 6.10. The molecule has 2 aromatic rings. The smallest absolute Gasteiger partial charge is 0.339 e. The van der Waals surface area contributed by atoms with E-state index in [0.29, 0.717) is 29.9 Å². The number of carbonyl (C=O) groups excluding carboxylic acids is 1. The highest BCUT2D eigenvalue weighted by atomic mass is 35.5. The highest BCUT2D eigenvalue weighted by Crippen LogP contribution is 2.31. The molecule has 2 heterocycles. The molecule has 0 saturated heterocycles. The number of ether oxygens (including phenoxy) is 1. The fourth-order valence-electron chi connectivity index (χ4n) is 2.25. The van der Waals surface area contributed by atoms with Crippen molar-refractivity contribution in [3.63, 3.8) is 0 Å². The molecule has 1 fully saturated rings. The summed E-state index contributed by atoms with van der Waals surface area (Å²) in [5.74, 6) is 0.0714. The predicted molar refractivity (Wildman–Crippen MR) is 89.0 cm³/mol. The number of carboxylic acids is 1. The lowest BCUT2D eigenvalue weighted by atomic mass is 10.2. The van der Waals surface area contributed by atoms with E-state index in [0.717, 1.165) is 12.8 Å². The summed E-state index contributed by atoms with van der Waals surface area (Å²) in [4.78, 5) is 27.2. The number of hydrogen-bond donors (Lipinski definition) is 2. The van der Waals surface area contributed by atoms with Crippen molar-refractivity contribution < 1.29 is 23.8 Å². The lowest BCUT2D eigenvalue weighted by Crippen LogP contribution is -2.22. The van der Waals surface area contributed by atoms with E-state index in [9.17, 15) is 9.59 Å². The molecule has 0 bridgehead atoms. The Labute approximate surface area is 149 Å². The summed E-state index contributed by atoms with van der Waals surface area (Å²) in [6.45, 7) is 2.20. The fourth-order valence-corrected chi connectivity index (χ4v) is 2.47. The first-order valence-electron chi connectivity index (χ1n) is 7.83. The molecule has 0 atom stereocenters. The van der Waals surface area contributed by atoms with Crippen LogP contribution in [-0.4, -0.2) is 28.6 Å². The first kappa shape index (κ1) is 17.3. The molecule has 1 aliphatic carbocycles. The lowest BCUT2D eigenvalue weighted by Gasteiger charge is -2.08. The summed E-state index contributed by atoms with van der Waals surface area (Å²) in [7, 11) is 0. The molecule has 3 rings (SSSR count). The van der Waals surface area contributed by atoms with E-state index in [2.05, 4.69) is 10.3 Å². The van der Waals surface area contributed by atoms with Crippen molar-refractivity contribution in [3.8, 4) is 5.88 Å². The summed E-state index contributed by atoms with van der Waals surface area (Å²) in [6.07, 6.45) is 3.71.